The van der Waals surface area contributed by atoms with E-state index in [2.05, 4.69) is 9.15 Å². The Hall–Kier alpha value is -1.20. The van der Waals surface area contributed by atoms with E-state index in [0.29, 0.717) is 0 Å². The lowest BCUT2D eigenvalue weighted by Gasteiger charge is -2.25. The molecule has 1 heterocycles. The summed E-state index contributed by atoms with van der Waals surface area (Å²) < 4.78 is 100. The lowest BCUT2D eigenvalue weighted by molar-refractivity contribution is -0.268. The van der Waals surface area contributed by atoms with Gasteiger partial charge < -0.3 is 9.15 Å². The molecule has 19 heavy (non-hydrogen) atoms. The topological polar surface area (TPSA) is 76.7 Å². The molecule has 0 amide bonds. The predicted molar refractivity (Wildman–Crippen MR) is 49.8 cm³/mol. The number of furan rings is 1. The molecule has 1 N–H and O–H groups in total. The van der Waals surface area contributed by atoms with Crippen molar-refractivity contribution in [3.05, 3.63) is 24.2 Å². The number of halogens is 5. The van der Waals surface area contributed by atoms with Crippen LogP contribution in [0.3, 0.4) is 0 Å². The molecule has 0 bridgehead atoms. The predicted octanol–water partition coefficient (Wildman–Crippen LogP) is 2.21. The van der Waals surface area contributed by atoms with Gasteiger partial charge in [0.05, 0.1) is 6.26 Å². The largest absolute Gasteiger partial charge is 0.467 e. The zero-order chi connectivity index (χ0) is 14.9. The summed E-state index contributed by atoms with van der Waals surface area (Å²) in [6, 6.07) is 2.40. The first-order valence-electron chi connectivity index (χ1n) is 4.52. The molecule has 0 aliphatic carbocycles. The van der Waals surface area contributed by atoms with Gasteiger partial charge in [0, 0.05) is 0 Å². The Labute approximate surface area is 103 Å². The van der Waals surface area contributed by atoms with E-state index in [1.54, 1.807) is 0 Å². The Morgan fingerprint density at radius 1 is 1.32 bits per heavy atom. The molecule has 0 spiro atoms. The van der Waals surface area contributed by atoms with E-state index < -0.39 is 34.3 Å². The van der Waals surface area contributed by atoms with E-state index in [-0.39, 0.29) is 5.76 Å². The summed E-state index contributed by atoms with van der Waals surface area (Å²) >= 11 is 0. The zero-order valence-corrected chi connectivity index (χ0v) is 9.71. The van der Waals surface area contributed by atoms with E-state index in [1.807, 2.05) is 0 Å². The summed E-state index contributed by atoms with van der Waals surface area (Å²) in [6.45, 7) is -1.04. The van der Waals surface area contributed by atoms with Gasteiger partial charge in [0.25, 0.3) is 0 Å². The molecule has 0 aliphatic heterocycles. The zero-order valence-electron chi connectivity index (χ0n) is 8.89. The van der Waals surface area contributed by atoms with Crippen molar-refractivity contribution in [2.75, 3.05) is 0 Å². The summed E-state index contributed by atoms with van der Waals surface area (Å²) in [5.41, 5.74) is 0. The molecular formula is C8H7F5O5S. The van der Waals surface area contributed by atoms with Gasteiger partial charge >= 0.3 is 21.5 Å². The van der Waals surface area contributed by atoms with Gasteiger partial charge in [-0.05, 0) is 12.1 Å². The molecule has 0 radical (unpaired) electrons. The molecule has 0 saturated heterocycles. The molecule has 110 valence electrons. The van der Waals surface area contributed by atoms with Crippen molar-refractivity contribution in [1.82, 2.24) is 0 Å². The molecule has 0 fully saturated rings. The van der Waals surface area contributed by atoms with Crippen molar-refractivity contribution in [3.8, 4) is 0 Å². The van der Waals surface area contributed by atoms with Gasteiger partial charge in [-0.3, -0.25) is 4.55 Å². The lowest BCUT2D eigenvalue weighted by atomic mass is 10.3. The Morgan fingerprint density at radius 3 is 2.26 bits per heavy atom. The Kier molecular flexibility index (Phi) is 4.22. The third-order valence-corrected chi connectivity index (χ3v) is 2.82. The first kappa shape index (κ1) is 15.9. The van der Waals surface area contributed by atoms with Gasteiger partial charge in [-0.1, -0.05) is 0 Å². The molecule has 0 aromatic carbocycles. The van der Waals surface area contributed by atoms with Crippen LogP contribution in [0.25, 0.3) is 0 Å². The normalized spacial score (nSPS) is 15.5. The number of hydrogen-bond donors (Lipinski definition) is 1. The van der Waals surface area contributed by atoms with Crippen LogP contribution in [-0.2, 0) is 21.5 Å². The van der Waals surface area contributed by atoms with Crippen molar-refractivity contribution in [1.29, 1.82) is 0 Å². The van der Waals surface area contributed by atoms with Gasteiger partial charge in [0.15, 0.2) is 0 Å². The minimum atomic E-state index is -6.28. The van der Waals surface area contributed by atoms with E-state index in [4.69, 9.17) is 4.55 Å². The van der Waals surface area contributed by atoms with Crippen molar-refractivity contribution in [2.24, 2.45) is 0 Å². The van der Waals surface area contributed by atoms with Gasteiger partial charge in [-0.2, -0.15) is 30.4 Å². The molecule has 5 nitrogen and oxygen atoms in total. The van der Waals surface area contributed by atoms with Crippen molar-refractivity contribution in [3.63, 3.8) is 0 Å². The molecular weight excluding hydrogens is 303 g/mol. The lowest BCUT2D eigenvalue weighted by Crippen LogP contribution is -2.51. The Bertz CT molecular complexity index is 506. The van der Waals surface area contributed by atoms with Crippen LogP contribution in [0.4, 0.5) is 22.0 Å². The second-order valence-electron chi connectivity index (χ2n) is 3.35. The number of rotatable bonds is 5. The van der Waals surface area contributed by atoms with Gasteiger partial charge in [-0.25, -0.2) is 0 Å². The molecule has 0 aliphatic rings. The first-order chi connectivity index (χ1) is 8.46. The molecule has 1 unspecified atom stereocenters. The second-order valence-corrected chi connectivity index (χ2v) is 4.84. The quantitative estimate of drug-likeness (QED) is 0.666. The van der Waals surface area contributed by atoms with Gasteiger partial charge in [-0.15, -0.1) is 0 Å². The van der Waals surface area contributed by atoms with Crippen molar-refractivity contribution in [2.45, 2.75) is 24.1 Å². The minimum absolute atomic E-state index is 0.222. The monoisotopic (exact) mass is 310 g/mol. The van der Waals surface area contributed by atoms with E-state index in [1.165, 1.54) is 6.07 Å². The average Bonchev–Trinajstić information content (AvgIpc) is 2.66. The highest BCUT2D eigenvalue weighted by Gasteiger charge is 2.64. The fourth-order valence-corrected chi connectivity index (χ4v) is 1.55. The van der Waals surface area contributed by atoms with Crippen LogP contribution in [0, 0.1) is 0 Å². The van der Waals surface area contributed by atoms with E-state index in [9.17, 15) is 30.4 Å². The summed E-state index contributed by atoms with van der Waals surface area (Å²) in [7, 11) is -6.28. The second kappa shape index (κ2) is 5.06. The highest BCUT2D eigenvalue weighted by atomic mass is 32.2. The number of alkyl halides is 5. The van der Waals surface area contributed by atoms with Crippen LogP contribution in [-0.4, -0.2) is 30.5 Å². The Morgan fingerprint density at radius 2 is 1.89 bits per heavy atom. The molecule has 11 heteroatoms. The van der Waals surface area contributed by atoms with Crippen LogP contribution in [0.1, 0.15) is 5.76 Å². The molecule has 0 saturated carbocycles. The number of ether oxygens (including phenoxy) is 1. The summed E-state index contributed by atoms with van der Waals surface area (Å²) in [6.07, 6.45) is -8.66. The van der Waals surface area contributed by atoms with E-state index in [0.717, 1.165) is 12.3 Å². The van der Waals surface area contributed by atoms with Crippen molar-refractivity contribution >= 4 is 10.1 Å². The first-order valence-corrected chi connectivity index (χ1v) is 5.96. The maximum atomic E-state index is 13.0. The maximum absolute atomic E-state index is 13.0. The SMILES string of the molecule is O=S(=O)(O)C(F)(F)C(OCc1ccco1)C(F)(F)F. The number of hydrogen-bond acceptors (Lipinski definition) is 4. The minimum Gasteiger partial charge on any atom is -0.467 e. The van der Waals surface area contributed by atoms with Crippen molar-refractivity contribution < 1.29 is 44.1 Å². The standard InChI is InChI=1S/C8H7F5O5S/c9-7(10,11)6(8(12,13)19(14,15)16)18-4-5-2-1-3-17-5/h1-3,6H,4H2,(H,14,15,16). The Balaban J connectivity index is 2.97. The van der Waals surface area contributed by atoms with Crippen LogP contribution in [0.5, 0.6) is 0 Å². The van der Waals surface area contributed by atoms with Crippen LogP contribution >= 0.6 is 0 Å². The smallest absolute Gasteiger partial charge is 0.421 e. The fourth-order valence-electron chi connectivity index (χ4n) is 1.08. The van der Waals surface area contributed by atoms with Gasteiger partial charge in [0.1, 0.15) is 12.4 Å². The fraction of sp³-hybridized carbons (Fsp3) is 0.500. The molecule has 1 atom stereocenters. The molecule has 1 aromatic rings. The molecule has 1 aromatic heterocycles. The highest BCUT2D eigenvalue weighted by molar-refractivity contribution is 7.86. The van der Waals surface area contributed by atoms with Crippen LogP contribution in [0.2, 0.25) is 0 Å². The highest BCUT2D eigenvalue weighted by Crippen LogP contribution is 2.38. The van der Waals surface area contributed by atoms with Gasteiger partial charge in [0.2, 0.25) is 6.10 Å². The average molecular weight is 310 g/mol. The summed E-state index contributed by atoms with van der Waals surface area (Å²) in [5.74, 6) is -0.222. The maximum Gasteiger partial charge on any atom is 0.421 e. The molecule has 1 rings (SSSR count). The van der Waals surface area contributed by atoms with E-state index >= 15 is 0 Å². The summed E-state index contributed by atoms with van der Waals surface area (Å²) in [5, 5.41) is -5.53. The third-order valence-electron chi connectivity index (χ3n) is 1.92. The van der Waals surface area contributed by atoms with Crippen LogP contribution < -0.4 is 0 Å². The summed E-state index contributed by atoms with van der Waals surface area (Å²) in [4.78, 5) is 0. The van der Waals surface area contributed by atoms with Crippen LogP contribution in [0.15, 0.2) is 22.8 Å². The third kappa shape index (κ3) is 3.64.